The van der Waals surface area contributed by atoms with Gasteiger partial charge in [0.25, 0.3) is 0 Å². The van der Waals surface area contributed by atoms with Crippen molar-refractivity contribution in [1.82, 2.24) is 0 Å². The van der Waals surface area contributed by atoms with E-state index in [1.807, 2.05) is 19.9 Å². The third-order valence-corrected chi connectivity index (χ3v) is 1.49. The van der Waals surface area contributed by atoms with Crippen LogP contribution in [-0.2, 0) is 6.42 Å². The van der Waals surface area contributed by atoms with Crippen LogP contribution >= 0.6 is 0 Å². The number of hydrogen-bond acceptors (Lipinski definition) is 2. The summed E-state index contributed by atoms with van der Waals surface area (Å²) in [5, 5.41) is 7.06. The van der Waals surface area contributed by atoms with E-state index in [0.717, 1.165) is 17.1 Å². The molecular formula is C8H12N2O. The van der Waals surface area contributed by atoms with Crippen molar-refractivity contribution >= 4 is 5.84 Å². The van der Waals surface area contributed by atoms with Gasteiger partial charge in [0.15, 0.2) is 0 Å². The van der Waals surface area contributed by atoms with E-state index in [2.05, 4.69) is 0 Å². The molecule has 0 unspecified atom stereocenters. The fraction of sp³-hybridized carbons (Fsp3) is 0.375. The summed E-state index contributed by atoms with van der Waals surface area (Å²) in [6.45, 7) is 3.84. The van der Waals surface area contributed by atoms with E-state index in [4.69, 9.17) is 15.6 Å². The second-order valence-electron chi connectivity index (χ2n) is 2.67. The van der Waals surface area contributed by atoms with Gasteiger partial charge in [-0.3, -0.25) is 5.41 Å². The number of rotatable bonds is 2. The minimum Gasteiger partial charge on any atom is -0.466 e. The fourth-order valence-electron chi connectivity index (χ4n) is 1.04. The first kappa shape index (κ1) is 7.85. The van der Waals surface area contributed by atoms with Crippen LogP contribution in [0.25, 0.3) is 0 Å². The molecule has 0 amide bonds. The molecule has 0 aliphatic heterocycles. The van der Waals surface area contributed by atoms with Crippen molar-refractivity contribution < 1.29 is 4.42 Å². The Bertz CT molecular complexity index is 276. The quantitative estimate of drug-likeness (QED) is 0.496. The molecule has 1 aromatic heterocycles. The molecule has 0 atom stereocenters. The maximum absolute atomic E-state index is 7.06. The summed E-state index contributed by atoms with van der Waals surface area (Å²) in [7, 11) is 0. The summed E-state index contributed by atoms with van der Waals surface area (Å²) in [6.07, 6.45) is 0.416. The zero-order valence-electron chi connectivity index (χ0n) is 6.77. The first-order valence-corrected chi connectivity index (χ1v) is 3.48. The van der Waals surface area contributed by atoms with Gasteiger partial charge in [-0.2, -0.15) is 0 Å². The van der Waals surface area contributed by atoms with Gasteiger partial charge in [0.2, 0.25) is 0 Å². The molecule has 0 saturated carbocycles. The molecule has 1 rings (SSSR count). The third-order valence-electron chi connectivity index (χ3n) is 1.49. The molecule has 0 saturated heterocycles. The molecule has 60 valence electrons. The lowest BCUT2D eigenvalue weighted by Gasteiger charge is -1.94. The molecule has 0 aliphatic carbocycles. The molecule has 0 bridgehead atoms. The standard InChI is InChI=1S/C8H12N2O/c1-5-3-6(2)11-7(5)4-8(9)10/h3H,4H2,1-2H3,(H3,9,10). The zero-order valence-corrected chi connectivity index (χ0v) is 6.77. The van der Waals surface area contributed by atoms with Crippen molar-refractivity contribution in [2.75, 3.05) is 0 Å². The lowest BCUT2D eigenvalue weighted by atomic mass is 10.2. The van der Waals surface area contributed by atoms with Crippen LogP contribution in [0.4, 0.5) is 0 Å². The molecule has 11 heavy (non-hydrogen) atoms. The van der Waals surface area contributed by atoms with Crippen LogP contribution in [0.15, 0.2) is 10.5 Å². The zero-order chi connectivity index (χ0) is 8.43. The molecule has 1 heterocycles. The number of nitrogens with one attached hydrogen (secondary N) is 1. The summed E-state index contributed by atoms with van der Waals surface area (Å²) in [5.74, 6) is 1.82. The highest BCUT2D eigenvalue weighted by molar-refractivity contribution is 5.79. The number of furan rings is 1. The lowest BCUT2D eigenvalue weighted by Crippen LogP contribution is -2.12. The van der Waals surface area contributed by atoms with Crippen LogP contribution in [0.2, 0.25) is 0 Å². The molecule has 0 spiro atoms. The summed E-state index contributed by atoms with van der Waals surface area (Å²) in [5.41, 5.74) is 6.29. The Labute approximate surface area is 65.7 Å². The molecule has 0 fully saturated rings. The van der Waals surface area contributed by atoms with Gasteiger partial charge in [-0.1, -0.05) is 0 Å². The van der Waals surface area contributed by atoms with Gasteiger partial charge in [0.1, 0.15) is 11.5 Å². The summed E-state index contributed by atoms with van der Waals surface area (Å²) >= 11 is 0. The molecule has 3 heteroatoms. The Hall–Kier alpha value is -1.25. The molecule has 1 aromatic rings. The van der Waals surface area contributed by atoms with Gasteiger partial charge in [0.05, 0.1) is 12.3 Å². The second-order valence-corrected chi connectivity index (χ2v) is 2.67. The molecule has 3 nitrogen and oxygen atoms in total. The topological polar surface area (TPSA) is 63.0 Å². The third kappa shape index (κ3) is 1.83. The van der Waals surface area contributed by atoms with E-state index in [1.54, 1.807) is 0 Å². The number of aryl methyl sites for hydroxylation is 2. The number of amidine groups is 1. The minimum atomic E-state index is 0.141. The van der Waals surface area contributed by atoms with Crippen LogP contribution in [0.3, 0.4) is 0 Å². The molecule has 0 aliphatic rings. The summed E-state index contributed by atoms with van der Waals surface area (Å²) < 4.78 is 5.30. The summed E-state index contributed by atoms with van der Waals surface area (Å²) in [4.78, 5) is 0. The fourth-order valence-corrected chi connectivity index (χ4v) is 1.04. The highest BCUT2D eigenvalue weighted by Gasteiger charge is 2.04. The SMILES string of the molecule is Cc1cc(C)c(CC(=N)N)o1. The average Bonchev–Trinajstić information content (AvgIpc) is 2.09. The molecule has 3 N–H and O–H groups in total. The van der Waals surface area contributed by atoms with Crippen molar-refractivity contribution in [2.24, 2.45) is 5.73 Å². The predicted octanol–water partition coefficient (Wildman–Crippen LogP) is 1.37. The lowest BCUT2D eigenvalue weighted by molar-refractivity contribution is 0.495. The van der Waals surface area contributed by atoms with E-state index < -0.39 is 0 Å². The van der Waals surface area contributed by atoms with Gasteiger partial charge in [-0.25, -0.2) is 0 Å². The van der Waals surface area contributed by atoms with E-state index in [1.165, 1.54) is 0 Å². The van der Waals surface area contributed by atoms with Crippen LogP contribution in [0, 0.1) is 19.3 Å². The Morgan fingerprint density at radius 1 is 1.64 bits per heavy atom. The van der Waals surface area contributed by atoms with Crippen LogP contribution < -0.4 is 5.73 Å². The Morgan fingerprint density at radius 3 is 2.64 bits per heavy atom. The van der Waals surface area contributed by atoms with Crippen LogP contribution in [-0.4, -0.2) is 5.84 Å². The van der Waals surface area contributed by atoms with Gasteiger partial charge in [-0.15, -0.1) is 0 Å². The van der Waals surface area contributed by atoms with E-state index in [0.29, 0.717) is 6.42 Å². The van der Waals surface area contributed by atoms with Crippen molar-refractivity contribution in [2.45, 2.75) is 20.3 Å². The molecular weight excluding hydrogens is 140 g/mol. The smallest absolute Gasteiger partial charge is 0.114 e. The van der Waals surface area contributed by atoms with Gasteiger partial charge < -0.3 is 10.2 Å². The van der Waals surface area contributed by atoms with Crippen molar-refractivity contribution in [3.05, 3.63) is 23.2 Å². The predicted molar refractivity (Wildman–Crippen MR) is 43.8 cm³/mol. The van der Waals surface area contributed by atoms with E-state index >= 15 is 0 Å². The molecule has 0 radical (unpaired) electrons. The molecule has 0 aromatic carbocycles. The number of hydrogen-bond donors (Lipinski definition) is 2. The average molecular weight is 152 g/mol. The maximum atomic E-state index is 7.06. The van der Waals surface area contributed by atoms with Crippen molar-refractivity contribution in [1.29, 1.82) is 5.41 Å². The largest absolute Gasteiger partial charge is 0.466 e. The van der Waals surface area contributed by atoms with Crippen molar-refractivity contribution in [3.8, 4) is 0 Å². The monoisotopic (exact) mass is 152 g/mol. The maximum Gasteiger partial charge on any atom is 0.114 e. The van der Waals surface area contributed by atoms with Gasteiger partial charge in [0, 0.05) is 0 Å². The van der Waals surface area contributed by atoms with Crippen LogP contribution in [0.1, 0.15) is 17.1 Å². The van der Waals surface area contributed by atoms with E-state index in [9.17, 15) is 0 Å². The highest BCUT2D eigenvalue weighted by Crippen LogP contribution is 2.13. The van der Waals surface area contributed by atoms with Gasteiger partial charge >= 0.3 is 0 Å². The first-order chi connectivity index (χ1) is 5.09. The Balaban J connectivity index is 2.85. The number of nitrogens with two attached hydrogens (primary N) is 1. The normalized spacial score (nSPS) is 10.0. The van der Waals surface area contributed by atoms with E-state index in [-0.39, 0.29) is 5.84 Å². The highest BCUT2D eigenvalue weighted by atomic mass is 16.3. The minimum absolute atomic E-state index is 0.141. The van der Waals surface area contributed by atoms with Gasteiger partial charge in [-0.05, 0) is 25.5 Å². The van der Waals surface area contributed by atoms with Crippen molar-refractivity contribution in [3.63, 3.8) is 0 Å². The van der Waals surface area contributed by atoms with Crippen LogP contribution in [0.5, 0.6) is 0 Å². The second kappa shape index (κ2) is 2.78. The Morgan fingerprint density at radius 2 is 2.27 bits per heavy atom. The summed E-state index contributed by atoms with van der Waals surface area (Å²) in [6, 6.07) is 1.94. The Kier molecular flexibility index (Phi) is 1.98. The first-order valence-electron chi connectivity index (χ1n) is 3.48.